The second kappa shape index (κ2) is 12.9. The van der Waals surface area contributed by atoms with Gasteiger partial charge in [0.2, 0.25) is 0 Å². The number of hydrogen-bond acceptors (Lipinski definition) is 4. The highest BCUT2D eigenvalue weighted by atomic mass is 32.1. The van der Waals surface area contributed by atoms with Crippen molar-refractivity contribution in [1.82, 2.24) is 15.0 Å². The fourth-order valence-corrected chi connectivity index (χ4v) is 12.7. The standard InChI is InChI=1S/C54H45N3S/c1-53(2)43-24-11-10-20-37(43)40-31-46-42(32-45(40)53)48-36(21-15-25-44(48)54(46)28-12-5-13-29-54)35-26-27-47-41(30-35)38-22-14-23-39(49(38)58-47)52-56-50(33-16-6-3-7-17-33)55-51(57-52)34-18-8-4-9-19-34/h3-4,6-11,15-21,23-27,31-32,35H,5,12-14,22,28-30H2,1-2H3. The molecule has 2 heterocycles. The molecule has 0 aliphatic heterocycles. The van der Waals surface area contributed by atoms with Crippen molar-refractivity contribution in [3.05, 3.63) is 182 Å². The molecule has 1 unspecified atom stereocenters. The van der Waals surface area contributed by atoms with Crippen molar-refractivity contribution < 1.29 is 0 Å². The van der Waals surface area contributed by atoms with Gasteiger partial charge in [0.1, 0.15) is 0 Å². The molecule has 0 amide bonds. The van der Waals surface area contributed by atoms with E-state index < -0.39 is 0 Å². The summed E-state index contributed by atoms with van der Waals surface area (Å²) in [4.78, 5) is 18.0. The van der Waals surface area contributed by atoms with Crippen LogP contribution >= 0.6 is 11.3 Å². The first-order chi connectivity index (χ1) is 28.5. The van der Waals surface area contributed by atoms with E-state index in [1.165, 1.54) is 91.9 Å². The van der Waals surface area contributed by atoms with Gasteiger partial charge in [0.25, 0.3) is 0 Å². The number of rotatable bonds is 4. The van der Waals surface area contributed by atoms with Gasteiger partial charge in [-0.1, -0.05) is 148 Å². The van der Waals surface area contributed by atoms with Crippen LogP contribution in [0.5, 0.6) is 0 Å². The van der Waals surface area contributed by atoms with E-state index in [0.29, 0.717) is 17.6 Å². The summed E-state index contributed by atoms with van der Waals surface area (Å²) >= 11 is 1.92. The first kappa shape index (κ1) is 34.3. The summed E-state index contributed by atoms with van der Waals surface area (Å²) in [5.41, 5.74) is 19.8. The summed E-state index contributed by atoms with van der Waals surface area (Å²) < 4.78 is 0. The molecule has 2 aromatic heterocycles. The zero-order chi connectivity index (χ0) is 38.6. The van der Waals surface area contributed by atoms with Gasteiger partial charge >= 0.3 is 0 Å². The smallest absolute Gasteiger partial charge is 0.165 e. The third kappa shape index (κ3) is 5.00. The van der Waals surface area contributed by atoms with Gasteiger partial charge in [-0.2, -0.15) is 0 Å². The molecule has 282 valence electrons. The number of allylic oxidation sites excluding steroid dienone is 2. The molecule has 0 saturated heterocycles. The van der Waals surface area contributed by atoms with Gasteiger partial charge < -0.3 is 0 Å². The maximum atomic E-state index is 5.17. The molecule has 1 saturated carbocycles. The molecule has 4 heteroatoms. The van der Waals surface area contributed by atoms with Gasteiger partial charge in [0.05, 0.1) is 0 Å². The number of thiophene rings is 1. The third-order valence-electron chi connectivity index (χ3n) is 14.2. The van der Waals surface area contributed by atoms with Gasteiger partial charge in [0, 0.05) is 43.2 Å². The van der Waals surface area contributed by atoms with Gasteiger partial charge in [-0.3, -0.25) is 0 Å². The zero-order valence-electron chi connectivity index (χ0n) is 33.2. The van der Waals surface area contributed by atoms with E-state index in [0.717, 1.165) is 41.8 Å². The molecule has 1 spiro atoms. The molecule has 0 N–H and O–H groups in total. The van der Waals surface area contributed by atoms with Gasteiger partial charge in [0.15, 0.2) is 17.5 Å². The Morgan fingerprint density at radius 2 is 1.28 bits per heavy atom. The quantitative estimate of drug-likeness (QED) is 0.179. The van der Waals surface area contributed by atoms with E-state index in [9.17, 15) is 0 Å². The maximum absolute atomic E-state index is 5.17. The molecule has 12 rings (SSSR count). The largest absolute Gasteiger partial charge is 0.208 e. The van der Waals surface area contributed by atoms with Crippen molar-refractivity contribution in [2.45, 2.75) is 82.0 Å². The van der Waals surface area contributed by atoms with Crippen LogP contribution in [0.15, 0.2) is 127 Å². The highest BCUT2D eigenvalue weighted by Gasteiger charge is 2.47. The molecule has 1 fully saturated rings. The van der Waals surface area contributed by atoms with Crippen molar-refractivity contribution in [3.63, 3.8) is 0 Å². The third-order valence-corrected chi connectivity index (χ3v) is 15.5. The van der Waals surface area contributed by atoms with Crippen molar-refractivity contribution >= 4 is 23.0 Å². The highest BCUT2D eigenvalue weighted by Crippen LogP contribution is 2.61. The molecule has 3 nitrogen and oxygen atoms in total. The molecule has 5 aromatic carbocycles. The molecule has 1 atom stereocenters. The Labute approximate surface area is 345 Å². The lowest BCUT2D eigenvalue weighted by molar-refractivity contribution is 0.352. The van der Waals surface area contributed by atoms with Gasteiger partial charge in [-0.15, -0.1) is 11.3 Å². The minimum Gasteiger partial charge on any atom is -0.208 e. The summed E-state index contributed by atoms with van der Waals surface area (Å²) in [7, 11) is 0. The van der Waals surface area contributed by atoms with Crippen LogP contribution in [0.1, 0.15) is 113 Å². The lowest BCUT2D eigenvalue weighted by atomic mass is 9.67. The predicted molar refractivity (Wildman–Crippen MR) is 239 cm³/mol. The molecule has 0 radical (unpaired) electrons. The summed E-state index contributed by atoms with van der Waals surface area (Å²) in [6.07, 6.45) is 16.8. The van der Waals surface area contributed by atoms with Crippen LogP contribution in [0.25, 0.3) is 56.7 Å². The normalized spacial score (nSPS) is 18.8. The fourth-order valence-electron chi connectivity index (χ4n) is 11.4. The topological polar surface area (TPSA) is 38.7 Å². The Kier molecular flexibility index (Phi) is 7.64. The number of fused-ring (bicyclic) bond motifs is 11. The van der Waals surface area contributed by atoms with Crippen LogP contribution in [0.4, 0.5) is 0 Å². The minimum atomic E-state index is -0.0265. The lowest BCUT2D eigenvalue weighted by Crippen LogP contribution is -2.28. The lowest BCUT2D eigenvalue weighted by Gasteiger charge is -2.36. The second-order valence-corrected chi connectivity index (χ2v) is 18.7. The zero-order valence-corrected chi connectivity index (χ0v) is 34.0. The Morgan fingerprint density at radius 3 is 2.03 bits per heavy atom. The second-order valence-electron chi connectivity index (χ2n) is 17.6. The molecule has 5 aliphatic carbocycles. The Balaban J connectivity index is 0.957. The van der Waals surface area contributed by atoms with Crippen LogP contribution in [0.3, 0.4) is 0 Å². The van der Waals surface area contributed by atoms with E-state index in [2.05, 4.69) is 135 Å². The average Bonchev–Trinajstić information content (AvgIpc) is 3.86. The highest BCUT2D eigenvalue weighted by molar-refractivity contribution is 7.14. The van der Waals surface area contributed by atoms with Crippen molar-refractivity contribution in [2.75, 3.05) is 0 Å². The van der Waals surface area contributed by atoms with Crippen molar-refractivity contribution in [1.29, 1.82) is 0 Å². The molecule has 5 aliphatic rings. The van der Waals surface area contributed by atoms with Crippen LogP contribution in [-0.2, 0) is 23.7 Å². The van der Waals surface area contributed by atoms with Gasteiger partial charge in [-0.05, 0) is 112 Å². The number of nitrogens with zero attached hydrogens (tertiary/aromatic N) is 3. The molecular formula is C54H45N3S. The fraction of sp³-hybridized carbons (Fsp3) is 0.241. The van der Waals surface area contributed by atoms with Crippen molar-refractivity contribution in [2.24, 2.45) is 0 Å². The number of benzene rings is 5. The maximum Gasteiger partial charge on any atom is 0.165 e. The summed E-state index contributed by atoms with van der Waals surface area (Å²) in [6, 6.07) is 42.4. The van der Waals surface area contributed by atoms with E-state index >= 15 is 0 Å². The summed E-state index contributed by atoms with van der Waals surface area (Å²) in [5, 5.41) is 0. The van der Waals surface area contributed by atoms with E-state index in [1.54, 1.807) is 11.1 Å². The first-order valence-corrected chi connectivity index (χ1v) is 22.1. The van der Waals surface area contributed by atoms with Crippen LogP contribution < -0.4 is 0 Å². The van der Waals surface area contributed by atoms with Crippen LogP contribution in [0.2, 0.25) is 0 Å². The summed E-state index contributed by atoms with van der Waals surface area (Å²) in [6.45, 7) is 4.86. The number of aromatic nitrogens is 3. The van der Waals surface area contributed by atoms with E-state index in [1.807, 2.05) is 23.5 Å². The Hall–Kier alpha value is -5.71. The minimum absolute atomic E-state index is 0.0265. The first-order valence-electron chi connectivity index (χ1n) is 21.3. The predicted octanol–water partition coefficient (Wildman–Crippen LogP) is 13.5. The monoisotopic (exact) mass is 767 g/mol. The average molecular weight is 768 g/mol. The van der Waals surface area contributed by atoms with Gasteiger partial charge in [-0.25, -0.2) is 15.0 Å². The molecule has 7 aromatic rings. The molecular weight excluding hydrogens is 723 g/mol. The molecule has 0 bridgehead atoms. The van der Waals surface area contributed by atoms with Crippen LogP contribution in [-0.4, -0.2) is 15.0 Å². The van der Waals surface area contributed by atoms with Crippen LogP contribution in [0, 0.1) is 0 Å². The Bertz CT molecular complexity index is 2810. The Morgan fingerprint density at radius 1 is 0.603 bits per heavy atom. The molecule has 58 heavy (non-hydrogen) atoms. The van der Waals surface area contributed by atoms with E-state index in [4.69, 9.17) is 15.0 Å². The SMILES string of the molecule is CC1(C)c2ccccc2-c2cc3c(cc21)-c1c(C2C=Cc4sc5c(c4C2)CCC=C5c2nc(-c4ccccc4)nc(-c4ccccc4)n2)cccc1C31CCCCC1. The summed E-state index contributed by atoms with van der Waals surface area (Å²) in [5.74, 6) is 2.50. The van der Waals surface area contributed by atoms with Crippen molar-refractivity contribution in [3.8, 4) is 45.0 Å². The van der Waals surface area contributed by atoms with E-state index in [-0.39, 0.29) is 10.8 Å². The number of hydrogen-bond donors (Lipinski definition) is 0.